The summed E-state index contributed by atoms with van der Waals surface area (Å²) < 4.78 is 23.0. The first-order chi connectivity index (χ1) is 7.80. The zero-order valence-electron chi connectivity index (χ0n) is 9.55. The number of aliphatic carboxylic acids is 1. The van der Waals surface area contributed by atoms with Crippen molar-refractivity contribution in [2.45, 2.75) is 36.2 Å². The van der Waals surface area contributed by atoms with Crippen molar-refractivity contribution in [2.75, 3.05) is 13.1 Å². The van der Waals surface area contributed by atoms with Gasteiger partial charge in [-0.15, -0.1) is 0 Å². The number of carboxylic acid groups (broad SMARTS) is 1. The van der Waals surface area contributed by atoms with Crippen molar-refractivity contribution in [2.24, 2.45) is 0 Å². The van der Waals surface area contributed by atoms with E-state index in [0.717, 1.165) is 0 Å². The molecule has 1 unspecified atom stereocenters. The molecule has 1 amide bonds. The molecule has 0 aromatic carbocycles. The topological polar surface area (TPSA) is 91.8 Å². The molecular formula is C10H15NO5S. The molecular weight excluding hydrogens is 246 g/mol. The monoisotopic (exact) mass is 261 g/mol. The lowest BCUT2D eigenvalue weighted by Crippen LogP contribution is -2.64. The van der Waals surface area contributed by atoms with Gasteiger partial charge in [0.25, 0.3) is 0 Å². The minimum atomic E-state index is -3.57. The van der Waals surface area contributed by atoms with Crippen molar-refractivity contribution in [3.05, 3.63) is 0 Å². The molecule has 1 N–H and O–H groups in total. The van der Waals surface area contributed by atoms with Crippen LogP contribution in [-0.2, 0) is 19.4 Å². The Morgan fingerprint density at radius 2 is 1.82 bits per heavy atom. The van der Waals surface area contributed by atoms with Crippen molar-refractivity contribution < 1.29 is 23.1 Å². The predicted octanol–water partition coefficient (Wildman–Crippen LogP) is -0.361. The normalized spacial score (nSPS) is 29.7. The molecule has 2 heterocycles. The highest BCUT2D eigenvalue weighted by Crippen LogP contribution is 2.47. The summed E-state index contributed by atoms with van der Waals surface area (Å²) in [4.78, 5) is 23.5. The van der Waals surface area contributed by atoms with Crippen molar-refractivity contribution in [3.63, 3.8) is 0 Å². The maximum absolute atomic E-state index is 12.0. The Balaban J connectivity index is 2.12. The molecule has 2 aliphatic rings. The molecule has 1 spiro atoms. The van der Waals surface area contributed by atoms with E-state index < -0.39 is 25.8 Å². The SMILES string of the molecule is CC(=O)N1CCC2(CC1)CC(C(=O)O)S2(=O)=O. The maximum Gasteiger partial charge on any atom is 0.321 e. The number of hydrogen-bond acceptors (Lipinski definition) is 4. The lowest BCUT2D eigenvalue weighted by atomic mass is 9.89. The molecule has 2 aliphatic heterocycles. The van der Waals surface area contributed by atoms with Gasteiger partial charge in [0.15, 0.2) is 15.1 Å². The van der Waals surface area contributed by atoms with Gasteiger partial charge in [-0.3, -0.25) is 9.59 Å². The van der Waals surface area contributed by atoms with Gasteiger partial charge in [-0.05, 0) is 19.3 Å². The number of likely N-dealkylation sites (tertiary alicyclic amines) is 1. The third kappa shape index (κ3) is 1.64. The van der Waals surface area contributed by atoms with Crippen LogP contribution < -0.4 is 0 Å². The molecule has 0 saturated carbocycles. The van der Waals surface area contributed by atoms with Gasteiger partial charge in [0.05, 0.1) is 4.75 Å². The molecule has 96 valence electrons. The number of sulfone groups is 1. The van der Waals surface area contributed by atoms with Gasteiger partial charge < -0.3 is 10.0 Å². The number of nitrogens with zero attached hydrogens (tertiary/aromatic N) is 1. The molecule has 2 saturated heterocycles. The van der Waals surface area contributed by atoms with Gasteiger partial charge in [-0.25, -0.2) is 8.42 Å². The molecule has 2 fully saturated rings. The number of piperidine rings is 1. The van der Waals surface area contributed by atoms with Gasteiger partial charge in [0.2, 0.25) is 5.91 Å². The lowest BCUT2D eigenvalue weighted by Gasteiger charge is -2.49. The van der Waals surface area contributed by atoms with Crippen molar-refractivity contribution in [3.8, 4) is 0 Å². The van der Waals surface area contributed by atoms with Crippen molar-refractivity contribution in [1.82, 2.24) is 4.90 Å². The summed E-state index contributed by atoms with van der Waals surface area (Å²) in [6.07, 6.45) is 0.911. The summed E-state index contributed by atoms with van der Waals surface area (Å²) in [6, 6.07) is 0. The second-order valence-corrected chi connectivity index (χ2v) is 7.29. The highest BCUT2D eigenvalue weighted by atomic mass is 32.2. The van der Waals surface area contributed by atoms with Crippen molar-refractivity contribution >= 4 is 21.7 Å². The highest BCUT2D eigenvalue weighted by molar-refractivity contribution is 7.95. The second kappa shape index (κ2) is 3.69. The van der Waals surface area contributed by atoms with E-state index in [1.807, 2.05) is 0 Å². The minimum Gasteiger partial charge on any atom is -0.480 e. The Morgan fingerprint density at radius 3 is 2.18 bits per heavy atom. The molecule has 2 rings (SSSR count). The molecule has 0 radical (unpaired) electrons. The molecule has 0 aromatic rings. The number of carboxylic acids is 1. The zero-order chi connectivity index (χ0) is 12.8. The molecule has 6 nitrogen and oxygen atoms in total. The maximum atomic E-state index is 12.0. The highest BCUT2D eigenvalue weighted by Gasteiger charge is 2.62. The third-order valence-electron chi connectivity index (χ3n) is 3.93. The molecule has 0 bridgehead atoms. The summed E-state index contributed by atoms with van der Waals surface area (Å²) in [7, 11) is -3.57. The van der Waals surface area contributed by atoms with Gasteiger partial charge in [-0.1, -0.05) is 0 Å². The fourth-order valence-corrected chi connectivity index (χ4v) is 4.96. The Hall–Kier alpha value is -1.11. The molecule has 0 aromatic heterocycles. The van der Waals surface area contributed by atoms with Crippen LogP contribution in [0.1, 0.15) is 26.2 Å². The van der Waals surface area contributed by atoms with Gasteiger partial charge in [0, 0.05) is 20.0 Å². The van der Waals surface area contributed by atoms with E-state index in [1.54, 1.807) is 4.90 Å². The fraction of sp³-hybridized carbons (Fsp3) is 0.800. The summed E-state index contributed by atoms with van der Waals surface area (Å²) in [6.45, 7) is 2.26. The van der Waals surface area contributed by atoms with Crippen LogP contribution in [0.3, 0.4) is 0 Å². The summed E-state index contributed by atoms with van der Waals surface area (Å²) in [5, 5.41) is 7.54. The number of carbonyl (C=O) groups excluding carboxylic acids is 1. The van der Waals surface area contributed by atoms with E-state index in [9.17, 15) is 18.0 Å². The van der Waals surface area contributed by atoms with E-state index >= 15 is 0 Å². The van der Waals surface area contributed by atoms with Crippen LogP contribution in [0.5, 0.6) is 0 Å². The van der Waals surface area contributed by atoms with Gasteiger partial charge in [-0.2, -0.15) is 0 Å². The van der Waals surface area contributed by atoms with Gasteiger partial charge >= 0.3 is 5.97 Å². The third-order valence-corrected chi connectivity index (χ3v) is 6.83. The molecule has 1 atom stereocenters. The number of carbonyl (C=O) groups is 2. The van der Waals surface area contributed by atoms with Crippen LogP contribution >= 0.6 is 0 Å². The second-order valence-electron chi connectivity index (χ2n) is 4.77. The standard InChI is InChI=1S/C10H15NO5S/c1-7(12)11-4-2-10(3-5-11)6-8(9(13)14)17(10,15)16/h8H,2-6H2,1H3,(H,13,14). The minimum absolute atomic E-state index is 0.0636. The molecule has 0 aliphatic carbocycles. The molecule has 17 heavy (non-hydrogen) atoms. The first-order valence-electron chi connectivity index (χ1n) is 5.52. The summed E-state index contributed by atoms with van der Waals surface area (Å²) >= 11 is 0. The quantitative estimate of drug-likeness (QED) is 0.696. The first kappa shape index (κ1) is 12.3. The first-order valence-corrected chi connectivity index (χ1v) is 7.06. The zero-order valence-corrected chi connectivity index (χ0v) is 10.4. The van der Waals surface area contributed by atoms with Crippen molar-refractivity contribution in [1.29, 1.82) is 0 Å². The Bertz CT molecular complexity index is 461. The van der Waals surface area contributed by atoms with E-state index in [2.05, 4.69) is 0 Å². The van der Waals surface area contributed by atoms with E-state index in [-0.39, 0.29) is 12.3 Å². The average molecular weight is 261 g/mol. The predicted molar refractivity (Wildman–Crippen MR) is 59.2 cm³/mol. The number of rotatable bonds is 1. The van der Waals surface area contributed by atoms with E-state index in [4.69, 9.17) is 5.11 Å². The number of amides is 1. The van der Waals surface area contributed by atoms with E-state index in [0.29, 0.717) is 25.9 Å². The Kier molecular flexibility index (Phi) is 2.68. The molecule has 7 heteroatoms. The van der Waals surface area contributed by atoms with Crippen LogP contribution in [0.25, 0.3) is 0 Å². The Labute approximate surface area is 99.5 Å². The van der Waals surface area contributed by atoms with Crippen LogP contribution in [0.15, 0.2) is 0 Å². The lowest BCUT2D eigenvalue weighted by molar-refractivity contribution is -0.138. The Morgan fingerprint density at radius 1 is 1.29 bits per heavy atom. The summed E-state index contributed by atoms with van der Waals surface area (Å²) in [5.41, 5.74) is 0. The van der Waals surface area contributed by atoms with Crippen LogP contribution in [0, 0.1) is 0 Å². The van der Waals surface area contributed by atoms with Gasteiger partial charge in [0.1, 0.15) is 0 Å². The smallest absolute Gasteiger partial charge is 0.321 e. The van der Waals surface area contributed by atoms with Crippen LogP contribution in [0.2, 0.25) is 0 Å². The van der Waals surface area contributed by atoms with Crippen LogP contribution in [-0.4, -0.2) is 53.4 Å². The number of hydrogen-bond donors (Lipinski definition) is 1. The summed E-state index contributed by atoms with van der Waals surface area (Å²) in [5.74, 6) is -1.32. The fourth-order valence-electron chi connectivity index (χ4n) is 2.70. The largest absolute Gasteiger partial charge is 0.480 e. The van der Waals surface area contributed by atoms with Crippen LogP contribution in [0.4, 0.5) is 0 Å². The average Bonchev–Trinajstić information content (AvgIpc) is 2.26. The van der Waals surface area contributed by atoms with E-state index in [1.165, 1.54) is 6.92 Å².